The molecule has 0 unspecified atom stereocenters. The fourth-order valence-electron chi connectivity index (χ4n) is 5.51. The van der Waals surface area contributed by atoms with Crippen molar-refractivity contribution in [1.82, 2.24) is 35.1 Å². The number of anilines is 1. The minimum atomic E-state index is 0.0369. The summed E-state index contributed by atoms with van der Waals surface area (Å²) in [6.45, 7) is 8.57. The third-order valence-corrected chi connectivity index (χ3v) is 7.51. The molecule has 4 heterocycles. The van der Waals surface area contributed by atoms with Crippen LogP contribution in [0, 0.1) is 11.8 Å². The van der Waals surface area contributed by atoms with Gasteiger partial charge in [0, 0.05) is 32.1 Å². The van der Waals surface area contributed by atoms with Gasteiger partial charge in [0.2, 0.25) is 5.91 Å². The Morgan fingerprint density at radius 2 is 1.88 bits per heavy atom. The molecule has 2 aromatic heterocycles. The van der Waals surface area contributed by atoms with E-state index >= 15 is 0 Å². The fraction of sp³-hybridized carbons (Fsp3) is 0.739. The van der Waals surface area contributed by atoms with Crippen LogP contribution in [0.15, 0.2) is 12.7 Å². The maximum Gasteiger partial charge on any atom is 0.217 e. The average molecular weight is 441 g/mol. The molecule has 0 radical (unpaired) electrons. The molecule has 0 bridgehead atoms. The lowest BCUT2D eigenvalue weighted by atomic mass is 9.86. The second kappa shape index (κ2) is 9.70. The van der Waals surface area contributed by atoms with Crippen LogP contribution >= 0.6 is 0 Å². The number of rotatable bonds is 7. The summed E-state index contributed by atoms with van der Waals surface area (Å²) in [5, 5.41) is 10.0. The zero-order valence-electron chi connectivity index (χ0n) is 19.1. The van der Waals surface area contributed by atoms with Gasteiger partial charge in [-0.3, -0.25) is 4.79 Å². The molecule has 0 spiro atoms. The van der Waals surface area contributed by atoms with Crippen LogP contribution in [0.3, 0.4) is 0 Å². The summed E-state index contributed by atoms with van der Waals surface area (Å²) in [6, 6.07) is 0.596. The van der Waals surface area contributed by atoms with Crippen molar-refractivity contribution in [3.05, 3.63) is 12.7 Å². The highest BCUT2D eigenvalue weighted by atomic mass is 16.1. The molecule has 2 aliphatic heterocycles. The van der Waals surface area contributed by atoms with E-state index in [2.05, 4.69) is 40.4 Å². The molecule has 9 heteroatoms. The number of imidazole rings is 1. The van der Waals surface area contributed by atoms with Gasteiger partial charge in [-0.2, -0.15) is 0 Å². The molecule has 3 fully saturated rings. The standard InChI is InChI=1S/C23H36N8O/c1-16(32)29-19-10-20(11-19)31-15-28-21-22(26-14-27-23(21)31)25-12-17-4-8-30(9-5-17)13-18-2-6-24-7-3-18/h14-15,17-20,24H,2-13H2,1H3,(H,29,32)(H,25,26,27). The first-order chi connectivity index (χ1) is 15.7. The van der Waals surface area contributed by atoms with Crippen LogP contribution in [0.2, 0.25) is 0 Å². The number of likely N-dealkylation sites (tertiary alicyclic amines) is 1. The van der Waals surface area contributed by atoms with Crippen LogP contribution < -0.4 is 16.0 Å². The number of nitrogens with zero attached hydrogens (tertiary/aromatic N) is 5. The number of fused-ring (bicyclic) bond motifs is 1. The lowest BCUT2D eigenvalue weighted by Crippen LogP contribution is -2.44. The van der Waals surface area contributed by atoms with E-state index in [4.69, 9.17) is 0 Å². The SMILES string of the molecule is CC(=O)NC1CC(n2cnc3c(NCC4CCN(CC5CCNCC5)CC4)ncnc32)C1. The van der Waals surface area contributed by atoms with E-state index in [0.717, 1.165) is 42.3 Å². The largest absolute Gasteiger partial charge is 0.368 e. The Morgan fingerprint density at radius 1 is 1.09 bits per heavy atom. The summed E-state index contributed by atoms with van der Waals surface area (Å²) in [5.74, 6) is 2.43. The highest BCUT2D eigenvalue weighted by Gasteiger charge is 2.32. The predicted molar refractivity (Wildman–Crippen MR) is 124 cm³/mol. The van der Waals surface area contributed by atoms with Crippen LogP contribution in [0.5, 0.6) is 0 Å². The summed E-state index contributed by atoms with van der Waals surface area (Å²) in [5.41, 5.74) is 1.73. The van der Waals surface area contributed by atoms with Crippen molar-refractivity contribution in [2.24, 2.45) is 11.8 Å². The first-order valence-electron chi connectivity index (χ1n) is 12.3. The monoisotopic (exact) mass is 440 g/mol. The highest BCUT2D eigenvalue weighted by Crippen LogP contribution is 2.35. The van der Waals surface area contributed by atoms with E-state index in [0.29, 0.717) is 12.0 Å². The van der Waals surface area contributed by atoms with E-state index in [1.165, 1.54) is 58.4 Å². The Bertz CT molecular complexity index is 910. The van der Waals surface area contributed by atoms with Gasteiger partial charge in [0.25, 0.3) is 0 Å². The molecule has 5 rings (SSSR count). The molecule has 174 valence electrons. The predicted octanol–water partition coefficient (Wildman–Crippen LogP) is 1.79. The van der Waals surface area contributed by atoms with E-state index in [1.54, 1.807) is 13.3 Å². The van der Waals surface area contributed by atoms with E-state index in [9.17, 15) is 4.79 Å². The summed E-state index contributed by atoms with van der Waals surface area (Å²) in [7, 11) is 0. The van der Waals surface area contributed by atoms with Gasteiger partial charge in [0.05, 0.1) is 6.33 Å². The first kappa shape index (κ1) is 21.6. The number of carbonyl (C=O) groups is 1. The van der Waals surface area contributed by atoms with Gasteiger partial charge < -0.3 is 25.4 Å². The van der Waals surface area contributed by atoms with Crippen molar-refractivity contribution in [3.63, 3.8) is 0 Å². The molecule has 3 N–H and O–H groups in total. The van der Waals surface area contributed by atoms with Gasteiger partial charge in [-0.05, 0) is 76.5 Å². The number of nitrogens with one attached hydrogen (secondary N) is 3. The van der Waals surface area contributed by atoms with Crippen molar-refractivity contribution >= 4 is 22.9 Å². The molecule has 9 nitrogen and oxygen atoms in total. The topological polar surface area (TPSA) is 100 Å². The molecular weight excluding hydrogens is 404 g/mol. The Morgan fingerprint density at radius 3 is 2.62 bits per heavy atom. The van der Waals surface area contributed by atoms with Gasteiger partial charge in [0.1, 0.15) is 11.8 Å². The van der Waals surface area contributed by atoms with Crippen LogP contribution in [-0.4, -0.2) is 75.6 Å². The Hall–Kier alpha value is -2.26. The van der Waals surface area contributed by atoms with E-state index < -0.39 is 0 Å². The molecule has 1 aliphatic carbocycles. The lowest BCUT2D eigenvalue weighted by molar-refractivity contribution is -0.120. The van der Waals surface area contributed by atoms with Crippen molar-refractivity contribution in [2.75, 3.05) is 44.6 Å². The summed E-state index contributed by atoms with van der Waals surface area (Å²) in [4.78, 5) is 27.5. The average Bonchev–Trinajstić information content (AvgIpc) is 3.20. The van der Waals surface area contributed by atoms with Gasteiger partial charge in [-0.15, -0.1) is 0 Å². The van der Waals surface area contributed by atoms with Crippen LogP contribution in [0.1, 0.15) is 51.5 Å². The third kappa shape index (κ3) is 4.88. The Labute approximate surface area is 189 Å². The van der Waals surface area contributed by atoms with Gasteiger partial charge >= 0.3 is 0 Å². The molecule has 1 saturated carbocycles. The molecular formula is C23H36N8O. The maximum absolute atomic E-state index is 11.2. The van der Waals surface area contributed by atoms with E-state index in [1.807, 2.05) is 6.33 Å². The van der Waals surface area contributed by atoms with E-state index in [-0.39, 0.29) is 11.9 Å². The number of carbonyl (C=O) groups excluding carboxylic acids is 1. The number of piperidine rings is 2. The molecule has 2 aromatic rings. The molecule has 3 aliphatic rings. The fourth-order valence-corrected chi connectivity index (χ4v) is 5.51. The molecule has 0 aromatic carbocycles. The number of hydrogen-bond acceptors (Lipinski definition) is 7. The normalized spacial score (nSPS) is 25.5. The zero-order chi connectivity index (χ0) is 21.9. The zero-order valence-corrected chi connectivity index (χ0v) is 19.1. The Kier molecular flexibility index (Phi) is 6.54. The second-order valence-corrected chi connectivity index (χ2v) is 9.89. The van der Waals surface area contributed by atoms with Crippen molar-refractivity contribution < 1.29 is 4.79 Å². The van der Waals surface area contributed by atoms with Gasteiger partial charge in [-0.25, -0.2) is 15.0 Å². The molecule has 1 amide bonds. The third-order valence-electron chi connectivity index (χ3n) is 7.51. The van der Waals surface area contributed by atoms with Crippen LogP contribution in [0.4, 0.5) is 5.82 Å². The molecule has 0 atom stereocenters. The maximum atomic E-state index is 11.2. The number of aromatic nitrogens is 4. The lowest BCUT2D eigenvalue weighted by Gasteiger charge is -2.36. The van der Waals surface area contributed by atoms with Gasteiger partial charge in [0.15, 0.2) is 11.5 Å². The van der Waals surface area contributed by atoms with Crippen molar-refractivity contribution in [2.45, 2.75) is 57.5 Å². The minimum Gasteiger partial charge on any atom is -0.368 e. The Balaban J connectivity index is 1.12. The quantitative estimate of drug-likeness (QED) is 0.604. The highest BCUT2D eigenvalue weighted by molar-refractivity contribution is 5.82. The first-order valence-corrected chi connectivity index (χ1v) is 12.3. The summed E-state index contributed by atoms with van der Waals surface area (Å²) < 4.78 is 2.14. The number of hydrogen-bond donors (Lipinski definition) is 3. The van der Waals surface area contributed by atoms with Crippen molar-refractivity contribution in [3.8, 4) is 0 Å². The molecule has 32 heavy (non-hydrogen) atoms. The summed E-state index contributed by atoms with van der Waals surface area (Å²) in [6.07, 6.45) is 10.5. The van der Waals surface area contributed by atoms with Gasteiger partial charge in [-0.1, -0.05) is 0 Å². The summed E-state index contributed by atoms with van der Waals surface area (Å²) >= 11 is 0. The van der Waals surface area contributed by atoms with Crippen LogP contribution in [0.25, 0.3) is 11.2 Å². The number of amides is 1. The minimum absolute atomic E-state index is 0.0369. The smallest absolute Gasteiger partial charge is 0.217 e. The second-order valence-electron chi connectivity index (χ2n) is 9.89. The van der Waals surface area contributed by atoms with Crippen molar-refractivity contribution in [1.29, 1.82) is 0 Å². The van der Waals surface area contributed by atoms with Crippen LogP contribution in [-0.2, 0) is 4.79 Å². The molecule has 2 saturated heterocycles.